The number of carbonyl (C=O) groups is 1. The molecule has 3 aromatic rings. The second-order valence-electron chi connectivity index (χ2n) is 6.76. The Balaban J connectivity index is 1.85. The monoisotopic (exact) mass is 454 g/mol. The maximum atomic E-state index is 13.3. The highest BCUT2D eigenvalue weighted by Crippen LogP contribution is 2.26. The van der Waals surface area contributed by atoms with Gasteiger partial charge in [-0.15, -0.1) is 0 Å². The van der Waals surface area contributed by atoms with Crippen LogP contribution in [0.2, 0.25) is 0 Å². The Morgan fingerprint density at radius 1 is 0.812 bits per heavy atom. The van der Waals surface area contributed by atoms with Gasteiger partial charge in [-0.2, -0.15) is 0 Å². The molecule has 0 aliphatic rings. The lowest BCUT2D eigenvalue weighted by Crippen LogP contribution is -2.38. The van der Waals surface area contributed by atoms with Gasteiger partial charge < -0.3 is 14.8 Å². The number of sulfonamides is 1. The molecule has 0 radical (unpaired) electrons. The first-order chi connectivity index (χ1) is 15.4. The standard InChI is InChI=1S/C24H26N2O5S/c1-3-30-21-14-10-19(11-15-21)25-24(27)18-26(20-12-16-22(17-13-20)31-4-2)32(28,29)23-8-6-5-7-9-23/h5-17H,3-4,18H2,1-2H3,(H,25,27). The third kappa shape index (κ3) is 5.79. The summed E-state index contributed by atoms with van der Waals surface area (Å²) in [6.45, 7) is 4.40. The maximum Gasteiger partial charge on any atom is 0.264 e. The predicted octanol–water partition coefficient (Wildman–Crippen LogP) is 4.32. The van der Waals surface area contributed by atoms with Crippen molar-refractivity contribution in [2.75, 3.05) is 29.4 Å². The van der Waals surface area contributed by atoms with Crippen LogP contribution in [0.25, 0.3) is 0 Å². The molecule has 0 unspecified atom stereocenters. The molecule has 0 heterocycles. The van der Waals surface area contributed by atoms with Crippen LogP contribution in [0.15, 0.2) is 83.8 Å². The molecule has 0 saturated carbocycles. The minimum Gasteiger partial charge on any atom is -0.494 e. The van der Waals surface area contributed by atoms with Crippen LogP contribution in [-0.2, 0) is 14.8 Å². The molecule has 168 valence electrons. The van der Waals surface area contributed by atoms with Crippen LogP contribution in [-0.4, -0.2) is 34.1 Å². The fourth-order valence-electron chi connectivity index (χ4n) is 3.04. The molecule has 0 spiro atoms. The number of amides is 1. The zero-order chi connectivity index (χ0) is 23.0. The summed E-state index contributed by atoms with van der Waals surface area (Å²) < 4.78 is 38.6. The molecule has 1 N–H and O–H groups in total. The first-order valence-electron chi connectivity index (χ1n) is 10.3. The van der Waals surface area contributed by atoms with Gasteiger partial charge in [-0.1, -0.05) is 18.2 Å². The highest BCUT2D eigenvalue weighted by atomic mass is 32.2. The summed E-state index contributed by atoms with van der Waals surface area (Å²) in [5.74, 6) is 0.836. The van der Waals surface area contributed by atoms with E-state index in [0.717, 1.165) is 4.31 Å². The van der Waals surface area contributed by atoms with Gasteiger partial charge in [-0.25, -0.2) is 8.42 Å². The first-order valence-corrected chi connectivity index (χ1v) is 11.7. The molecule has 7 nitrogen and oxygen atoms in total. The van der Waals surface area contributed by atoms with Crippen molar-refractivity contribution >= 4 is 27.3 Å². The number of hydrogen-bond donors (Lipinski definition) is 1. The first kappa shape index (κ1) is 23.1. The fraction of sp³-hybridized carbons (Fsp3) is 0.208. The zero-order valence-electron chi connectivity index (χ0n) is 18.0. The van der Waals surface area contributed by atoms with Crippen LogP contribution in [0, 0.1) is 0 Å². The molecule has 0 aliphatic carbocycles. The van der Waals surface area contributed by atoms with Crippen LogP contribution in [0.4, 0.5) is 11.4 Å². The molecule has 0 aromatic heterocycles. The number of anilines is 2. The molecule has 8 heteroatoms. The molecular weight excluding hydrogens is 428 g/mol. The van der Waals surface area contributed by atoms with E-state index < -0.39 is 22.5 Å². The van der Waals surface area contributed by atoms with Crippen molar-refractivity contribution in [3.63, 3.8) is 0 Å². The summed E-state index contributed by atoms with van der Waals surface area (Å²) in [6, 6.07) is 21.5. The molecule has 0 atom stereocenters. The third-order valence-corrected chi connectivity index (χ3v) is 6.29. The fourth-order valence-corrected chi connectivity index (χ4v) is 4.48. The van der Waals surface area contributed by atoms with Crippen molar-refractivity contribution < 1.29 is 22.7 Å². The Morgan fingerprint density at radius 2 is 1.34 bits per heavy atom. The number of nitrogens with one attached hydrogen (secondary N) is 1. The minimum atomic E-state index is -3.97. The van der Waals surface area contributed by atoms with E-state index in [2.05, 4.69) is 5.32 Å². The second-order valence-corrected chi connectivity index (χ2v) is 8.62. The molecular formula is C24H26N2O5S. The highest BCUT2D eigenvalue weighted by Gasteiger charge is 2.27. The molecule has 1 amide bonds. The van der Waals surface area contributed by atoms with E-state index in [9.17, 15) is 13.2 Å². The van der Waals surface area contributed by atoms with Gasteiger partial charge in [0.1, 0.15) is 18.0 Å². The number of carbonyl (C=O) groups excluding carboxylic acids is 1. The number of nitrogens with zero attached hydrogens (tertiary/aromatic N) is 1. The lowest BCUT2D eigenvalue weighted by Gasteiger charge is -2.24. The Kier molecular flexibility index (Phi) is 7.72. The highest BCUT2D eigenvalue weighted by molar-refractivity contribution is 7.92. The Bertz CT molecular complexity index is 1120. The van der Waals surface area contributed by atoms with E-state index in [1.54, 1.807) is 66.7 Å². The van der Waals surface area contributed by atoms with E-state index in [4.69, 9.17) is 9.47 Å². The van der Waals surface area contributed by atoms with Crippen LogP contribution in [0.1, 0.15) is 13.8 Å². The van der Waals surface area contributed by atoms with Crippen LogP contribution >= 0.6 is 0 Å². The van der Waals surface area contributed by atoms with Gasteiger partial charge >= 0.3 is 0 Å². The molecule has 32 heavy (non-hydrogen) atoms. The van der Waals surface area contributed by atoms with Gasteiger partial charge in [0.25, 0.3) is 10.0 Å². The van der Waals surface area contributed by atoms with Gasteiger partial charge in [-0.05, 0) is 74.5 Å². The summed E-state index contributed by atoms with van der Waals surface area (Å²) in [4.78, 5) is 12.9. The average Bonchev–Trinajstić information content (AvgIpc) is 2.80. The largest absolute Gasteiger partial charge is 0.494 e. The molecule has 0 aliphatic heterocycles. The van der Waals surface area contributed by atoms with Crippen LogP contribution in [0.3, 0.4) is 0 Å². The SMILES string of the molecule is CCOc1ccc(NC(=O)CN(c2ccc(OCC)cc2)S(=O)(=O)c2ccccc2)cc1. The van der Waals surface area contributed by atoms with Crippen molar-refractivity contribution in [2.24, 2.45) is 0 Å². The van der Waals surface area contributed by atoms with Gasteiger partial charge in [-0.3, -0.25) is 9.10 Å². The van der Waals surface area contributed by atoms with Crippen molar-refractivity contribution in [3.05, 3.63) is 78.9 Å². The van der Waals surface area contributed by atoms with Crippen molar-refractivity contribution in [2.45, 2.75) is 18.7 Å². The number of rotatable bonds is 10. The summed E-state index contributed by atoms with van der Waals surface area (Å²) in [5, 5.41) is 2.74. The van der Waals surface area contributed by atoms with Crippen LogP contribution in [0.5, 0.6) is 11.5 Å². The van der Waals surface area contributed by atoms with E-state index in [1.807, 2.05) is 13.8 Å². The molecule has 3 aromatic carbocycles. The summed E-state index contributed by atoms with van der Waals surface area (Å²) in [6.07, 6.45) is 0. The summed E-state index contributed by atoms with van der Waals surface area (Å²) in [7, 11) is -3.97. The smallest absolute Gasteiger partial charge is 0.264 e. The van der Waals surface area contributed by atoms with Gasteiger partial charge in [0, 0.05) is 5.69 Å². The van der Waals surface area contributed by atoms with Crippen molar-refractivity contribution in [3.8, 4) is 11.5 Å². The number of benzene rings is 3. The van der Waals surface area contributed by atoms with E-state index >= 15 is 0 Å². The molecule has 3 rings (SSSR count). The minimum absolute atomic E-state index is 0.0998. The predicted molar refractivity (Wildman–Crippen MR) is 125 cm³/mol. The lowest BCUT2D eigenvalue weighted by molar-refractivity contribution is -0.114. The van der Waals surface area contributed by atoms with Crippen molar-refractivity contribution in [1.82, 2.24) is 0 Å². The van der Waals surface area contributed by atoms with Gasteiger partial charge in [0.05, 0.1) is 23.8 Å². The number of ether oxygens (including phenoxy) is 2. The Hall–Kier alpha value is -3.52. The van der Waals surface area contributed by atoms with Crippen LogP contribution < -0.4 is 19.1 Å². The second kappa shape index (κ2) is 10.7. The van der Waals surface area contributed by atoms with E-state index in [0.29, 0.717) is 36.1 Å². The maximum absolute atomic E-state index is 13.3. The topological polar surface area (TPSA) is 84.9 Å². The summed E-state index contributed by atoms with van der Waals surface area (Å²) in [5.41, 5.74) is 0.904. The van der Waals surface area contributed by atoms with Gasteiger partial charge in [0.15, 0.2) is 0 Å². The number of hydrogen-bond acceptors (Lipinski definition) is 5. The average molecular weight is 455 g/mol. The quantitative estimate of drug-likeness (QED) is 0.493. The summed E-state index contributed by atoms with van der Waals surface area (Å²) >= 11 is 0. The van der Waals surface area contributed by atoms with E-state index in [1.165, 1.54) is 12.1 Å². The molecule has 0 bridgehead atoms. The zero-order valence-corrected chi connectivity index (χ0v) is 18.8. The normalized spacial score (nSPS) is 10.9. The molecule has 0 saturated heterocycles. The Labute approximate surface area is 188 Å². The van der Waals surface area contributed by atoms with Crippen molar-refractivity contribution in [1.29, 1.82) is 0 Å². The third-order valence-electron chi connectivity index (χ3n) is 4.50. The van der Waals surface area contributed by atoms with Gasteiger partial charge in [0.2, 0.25) is 5.91 Å². The lowest BCUT2D eigenvalue weighted by atomic mass is 10.3. The molecule has 0 fully saturated rings. The Morgan fingerprint density at radius 3 is 1.88 bits per heavy atom. The van der Waals surface area contributed by atoms with E-state index in [-0.39, 0.29) is 4.90 Å².